The lowest BCUT2D eigenvalue weighted by Gasteiger charge is -2.11. The molecule has 1 atom stereocenters. The van der Waals surface area contributed by atoms with E-state index in [1.807, 2.05) is 0 Å². The second-order valence-corrected chi connectivity index (χ2v) is 3.55. The molecular weight excluding hydrogens is 196 g/mol. The lowest BCUT2D eigenvalue weighted by atomic mass is 10.3. The van der Waals surface area contributed by atoms with Crippen LogP contribution < -0.4 is 11.3 Å². The van der Waals surface area contributed by atoms with Crippen molar-refractivity contribution in [2.45, 2.75) is 19.3 Å². The van der Waals surface area contributed by atoms with E-state index in [4.69, 9.17) is 15.2 Å². The van der Waals surface area contributed by atoms with Crippen molar-refractivity contribution < 1.29 is 9.47 Å². The van der Waals surface area contributed by atoms with Gasteiger partial charge in [-0.2, -0.15) is 0 Å². The molecule has 1 aliphatic rings. The fourth-order valence-corrected chi connectivity index (χ4v) is 1.48. The van der Waals surface area contributed by atoms with Crippen LogP contribution in [0.2, 0.25) is 0 Å². The van der Waals surface area contributed by atoms with Gasteiger partial charge in [0.25, 0.3) is 5.56 Å². The number of rotatable bonds is 3. The van der Waals surface area contributed by atoms with Gasteiger partial charge in [-0.25, -0.2) is 0 Å². The van der Waals surface area contributed by atoms with Gasteiger partial charge in [-0.3, -0.25) is 9.36 Å². The molecule has 1 aromatic rings. The van der Waals surface area contributed by atoms with Crippen molar-refractivity contribution in [2.24, 2.45) is 0 Å². The van der Waals surface area contributed by atoms with Crippen LogP contribution in [0.3, 0.4) is 0 Å². The van der Waals surface area contributed by atoms with Crippen LogP contribution in [0.5, 0.6) is 0 Å². The number of aromatic nitrogens is 1. The number of pyridine rings is 1. The van der Waals surface area contributed by atoms with Gasteiger partial charge in [0, 0.05) is 24.6 Å². The molecule has 15 heavy (non-hydrogen) atoms. The molecule has 1 unspecified atom stereocenters. The molecule has 1 aromatic heterocycles. The Labute approximate surface area is 87.4 Å². The van der Waals surface area contributed by atoms with Crippen molar-refractivity contribution in [3.63, 3.8) is 0 Å². The van der Waals surface area contributed by atoms with E-state index >= 15 is 0 Å². The molecule has 0 spiro atoms. The number of nitrogens with zero attached hydrogens (tertiary/aromatic N) is 1. The molecule has 1 aliphatic heterocycles. The van der Waals surface area contributed by atoms with Crippen molar-refractivity contribution in [1.82, 2.24) is 4.57 Å². The van der Waals surface area contributed by atoms with Gasteiger partial charge in [-0.1, -0.05) is 0 Å². The fourth-order valence-electron chi connectivity index (χ4n) is 1.48. The number of anilines is 1. The summed E-state index contributed by atoms with van der Waals surface area (Å²) in [7, 11) is 0. The molecule has 5 heteroatoms. The highest BCUT2D eigenvalue weighted by molar-refractivity contribution is 5.33. The van der Waals surface area contributed by atoms with E-state index in [0.29, 0.717) is 12.3 Å². The van der Waals surface area contributed by atoms with Crippen LogP contribution in [0, 0.1) is 0 Å². The molecule has 2 N–H and O–H groups in total. The lowest BCUT2D eigenvalue weighted by Crippen LogP contribution is -2.23. The molecule has 2 heterocycles. The average Bonchev–Trinajstić information content (AvgIpc) is 2.72. The van der Waals surface area contributed by atoms with Crippen LogP contribution in [0.15, 0.2) is 23.1 Å². The molecule has 0 aliphatic carbocycles. The molecule has 5 nitrogen and oxygen atoms in total. The Kier molecular flexibility index (Phi) is 3.03. The van der Waals surface area contributed by atoms with E-state index in [-0.39, 0.29) is 18.4 Å². The third-order valence-corrected chi connectivity index (χ3v) is 2.34. The monoisotopic (exact) mass is 210 g/mol. The van der Waals surface area contributed by atoms with Gasteiger partial charge in [0.15, 0.2) is 0 Å². The van der Waals surface area contributed by atoms with Gasteiger partial charge >= 0.3 is 0 Å². The number of nitrogens with two attached hydrogens (primary N) is 1. The zero-order valence-corrected chi connectivity index (χ0v) is 8.39. The maximum absolute atomic E-state index is 11.4. The Morgan fingerprint density at radius 3 is 3.20 bits per heavy atom. The summed E-state index contributed by atoms with van der Waals surface area (Å²) in [6.07, 6.45) is 2.56. The molecule has 82 valence electrons. The van der Waals surface area contributed by atoms with Crippen LogP contribution >= 0.6 is 0 Å². The predicted molar refractivity (Wildman–Crippen MR) is 55.4 cm³/mol. The third-order valence-electron chi connectivity index (χ3n) is 2.34. The fraction of sp³-hybridized carbons (Fsp3) is 0.500. The zero-order chi connectivity index (χ0) is 10.7. The number of hydrogen-bond donors (Lipinski definition) is 1. The maximum atomic E-state index is 11.4. The van der Waals surface area contributed by atoms with Gasteiger partial charge in [-0.05, 0) is 12.5 Å². The van der Waals surface area contributed by atoms with Crippen LogP contribution in [-0.4, -0.2) is 23.9 Å². The summed E-state index contributed by atoms with van der Waals surface area (Å²) in [4.78, 5) is 11.4. The molecule has 0 bridgehead atoms. The molecule has 2 rings (SSSR count). The molecule has 1 fully saturated rings. The van der Waals surface area contributed by atoms with Gasteiger partial charge in [-0.15, -0.1) is 0 Å². The number of hydrogen-bond acceptors (Lipinski definition) is 4. The van der Waals surface area contributed by atoms with E-state index < -0.39 is 0 Å². The first kappa shape index (κ1) is 10.2. The second kappa shape index (κ2) is 4.46. The van der Waals surface area contributed by atoms with Crippen molar-refractivity contribution >= 4 is 5.69 Å². The minimum Gasteiger partial charge on any atom is -0.398 e. The first-order chi connectivity index (χ1) is 7.25. The largest absolute Gasteiger partial charge is 0.398 e. The topological polar surface area (TPSA) is 66.5 Å². The Morgan fingerprint density at radius 1 is 1.60 bits per heavy atom. The summed E-state index contributed by atoms with van der Waals surface area (Å²) in [5, 5.41) is 0. The third kappa shape index (κ3) is 2.57. The van der Waals surface area contributed by atoms with Crippen molar-refractivity contribution in [3.05, 3.63) is 28.7 Å². The highest BCUT2D eigenvalue weighted by atomic mass is 16.5. The summed E-state index contributed by atoms with van der Waals surface area (Å²) in [5.74, 6) is 0. The van der Waals surface area contributed by atoms with E-state index in [1.54, 1.807) is 12.3 Å². The van der Waals surface area contributed by atoms with Crippen LogP contribution in [-0.2, 0) is 16.2 Å². The van der Waals surface area contributed by atoms with Gasteiger partial charge in [0.05, 0.1) is 12.7 Å². The summed E-state index contributed by atoms with van der Waals surface area (Å²) in [6, 6.07) is 3.02. The van der Waals surface area contributed by atoms with E-state index in [9.17, 15) is 4.79 Å². The quantitative estimate of drug-likeness (QED) is 0.773. The van der Waals surface area contributed by atoms with Crippen LogP contribution in [0.25, 0.3) is 0 Å². The van der Waals surface area contributed by atoms with E-state index in [1.165, 1.54) is 10.6 Å². The highest BCUT2D eigenvalue weighted by Gasteiger charge is 2.15. The summed E-state index contributed by atoms with van der Waals surface area (Å²) >= 11 is 0. The van der Waals surface area contributed by atoms with Crippen LogP contribution in [0.4, 0.5) is 5.69 Å². The van der Waals surface area contributed by atoms with E-state index in [0.717, 1.165) is 13.0 Å². The summed E-state index contributed by atoms with van der Waals surface area (Å²) in [6.45, 7) is 1.57. The number of ether oxygens (including phenoxy) is 2. The first-order valence-electron chi connectivity index (χ1n) is 4.91. The minimum atomic E-state index is -0.108. The molecule has 0 aromatic carbocycles. The Hall–Kier alpha value is -1.33. The lowest BCUT2D eigenvalue weighted by molar-refractivity contribution is 0.000521. The Balaban J connectivity index is 1.97. The number of nitrogen functional groups attached to an aromatic ring is 1. The minimum absolute atomic E-state index is 0.0957. The molecule has 0 radical (unpaired) electrons. The molecular formula is C10H14N2O3. The summed E-state index contributed by atoms with van der Waals surface area (Å²) in [5.41, 5.74) is 6.02. The van der Waals surface area contributed by atoms with E-state index in [2.05, 4.69) is 0 Å². The summed E-state index contributed by atoms with van der Waals surface area (Å²) < 4.78 is 12.1. The molecule has 0 amide bonds. The maximum Gasteiger partial charge on any atom is 0.252 e. The SMILES string of the molecule is Nc1ccc(=O)n(COC2CCOC2)c1. The molecule has 1 saturated heterocycles. The van der Waals surface area contributed by atoms with Gasteiger partial charge in [0.1, 0.15) is 6.73 Å². The Morgan fingerprint density at radius 2 is 2.47 bits per heavy atom. The predicted octanol–water partition coefficient (Wildman–Crippen LogP) is 0.193. The van der Waals surface area contributed by atoms with Crippen molar-refractivity contribution in [1.29, 1.82) is 0 Å². The zero-order valence-electron chi connectivity index (χ0n) is 8.39. The normalized spacial score (nSPS) is 20.7. The van der Waals surface area contributed by atoms with Crippen molar-refractivity contribution in [3.8, 4) is 0 Å². The Bertz CT molecular complexity index is 382. The second-order valence-electron chi connectivity index (χ2n) is 3.55. The van der Waals surface area contributed by atoms with Gasteiger partial charge < -0.3 is 15.2 Å². The molecule has 0 saturated carbocycles. The first-order valence-corrected chi connectivity index (χ1v) is 4.91. The van der Waals surface area contributed by atoms with Crippen molar-refractivity contribution in [2.75, 3.05) is 18.9 Å². The highest BCUT2D eigenvalue weighted by Crippen LogP contribution is 2.08. The van der Waals surface area contributed by atoms with Crippen LogP contribution in [0.1, 0.15) is 6.42 Å². The van der Waals surface area contributed by atoms with Gasteiger partial charge in [0.2, 0.25) is 0 Å². The smallest absolute Gasteiger partial charge is 0.252 e. The standard InChI is InChI=1S/C10H14N2O3/c11-8-1-2-10(13)12(5-8)7-15-9-3-4-14-6-9/h1-2,5,9H,3-4,6-7,11H2. The average molecular weight is 210 g/mol.